The molecule has 0 bridgehead atoms. The first-order chi connectivity index (χ1) is 14.5. The number of benzene rings is 1. The van der Waals surface area contributed by atoms with E-state index in [1.165, 1.54) is 6.20 Å². The van der Waals surface area contributed by atoms with Crippen LogP contribution in [-0.2, 0) is 4.79 Å². The van der Waals surface area contributed by atoms with Crippen molar-refractivity contribution in [1.82, 2.24) is 10.3 Å². The van der Waals surface area contributed by atoms with E-state index in [1.807, 2.05) is 5.32 Å². The number of aromatic nitrogens is 1. The molecule has 2 heterocycles. The van der Waals surface area contributed by atoms with Crippen molar-refractivity contribution in [3.05, 3.63) is 30.0 Å². The van der Waals surface area contributed by atoms with Crippen molar-refractivity contribution in [2.45, 2.75) is 32.2 Å². The lowest BCUT2D eigenvalue weighted by atomic mass is 10.1. The van der Waals surface area contributed by atoms with Crippen molar-refractivity contribution < 1.29 is 32.6 Å². The minimum Gasteiger partial charge on any atom is -0.490 e. The monoisotopic (exact) mass is 440 g/mol. The van der Waals surface area contributed by atoms with Crippen molar-refractivity contribution in [2.24, 2.45) is 11.7 Å². The van der Waals surface area contributed by atoms with Gasteiger partial charge >= 0.3 is 12.1 Å². The van der Waals surface area contributed by atoms with Gasteiger partial charge in [-0.1, -0.05) is 0 Å². The highest BCUT2D eigenvalue weighted by molar-refractivity contribution is 6.03. The minimum absolute atomic E-state index is 0.0249. The summed E-state index contributed by atoms with van der Waals surface area (Å²) in [5, 5.41) is 12.8. The van der Waals surface area contributed by atoms with Gasteiger partial charge in [0.25, 0.3) is 5.91 Å². The van der Waals surface area contributed by atoms with E-state index in [0.717, 1.165) is 0 Å². The quantitative estimate of drug-likeness (QED) is 0.628. The summed E-state index contributed by atoms with van der Waals surface area (Å²) in [7, 11) is 0. The second kappa shape index (κ2) is 8.58. The number of rotatable bonds is 6. The Morgan fingerprint density at radius 1 is 1.35 bits per heavy atom. The van der Waals surface area contributed by atoms with Crippen LogP contribution < -0.4 is 20.7 Å². The van der Waals surface area contributed by atoms with Gasteiger partial charge in [-0.15, -0.1) is 0 Å². The molecule has 0 aliphatic carbocycles. The van der Waals surface area contributed by atoms with Gasteiger partial charge in [-0.05, 0) is 37.4 Å². The number of anilines is 1. The van der Waals surface area contributed by atoms with Crippen molar-refractivity contribution in [3.63, 3.8) is 0 Å². The lowest BCUT2D eigenvalue weighted by Crippen LogP contribution is -2.47. The number of hydrogen-bond donors (Lipinski definition) is 3. The number of pyridine rings is 1. The average molecular weight is 440 g/mol. The number of carbonyl (C=O) groups is 2. The zero-order valence-electron chi connectivity index (χ0n) is 16.9. The smallest absolute Gasteiger partial charge is 0.471 e. The number of fused-ring (bicyclic) bond motifs is 1. The first kappa shape index (κ1) is 22.6. The van der Waals surface area contributed by atoms with Gasteiger partial charge in [-0.3, -0.25) is 9.59 Å². The standard InChI is InChI=1S/C20H23F3N4O4/c1-10(2)31-16-6-13-11(5-14(16)17(24)29)3-4-25-18(13)27-7-12(9-28)15(8-27)26-19(30)20(21,22)23/h3-6,10,12,15,28H,7-9H2,1-2H3,(H2,24,29)(H,26,30). The molecule has 1 aromatic heterocycles. The Balaban J connectivity index is 1.98. The van der Waals surface area contributed by atoms with Crippen LogP contribution in [0.1, 0.15) is 24.2 Å². The largest absolute Gasteiger partial charge is 0.490 e. The maximum absolute atomic E-state index is 12.7. The molecule has 1 aliphatic rings. The number of alkyl halides is 3. The average Bonchev–Trinajstić information content (AvgIpc) is 3.08. The molecule has 168 valence electrons. The first-order valence-electron chi connectivity index (χ1n) is 9.64. The molecule has 1 aromatic carbocycles. The van der Waals surface area contributed by atoms with E-state index in [2.05, 4.69) is 4.98 Å². The Hall–Kier alpha value is -3.08. The highest BCUT2D eigenvalue weighted by Crippen LogP contribution is 2.34. The van der Waals surface area contributed by atoms with E-state index in [4.69, 9.17) is 10.5 Å². The molecule has 1 fully saturated rings. The number of ether oxygens (including phenoxy) is 1. The number of aliphatic hydroxyl groups is 1. The third-order valence-electron chi connectivity index (χ3n) is 5.02. The molecule has 2 amide bonds. The van der Waals surface area contributed by atoms with Crippen LogP contribution in [0.4, 0.5) is 19.0 Å². The summed E-state index contributed by atoms with van der Waals surface area (Å²) in [6.07, 6.45) is -3.75. The molecule has 2 unspecified atom stereocenters. The van der Waals surface area contributed by atoms with Crippen molar-refractivity contribution in [3.8, 4) is 5.75 Å². The van der Waals surface area contributed by atoms with Crippen LogP contribution >= 0.6 is 0 Å². The number of nitrogens with one attached hydrogen (secondary N) is 1. The van der Waals surface area contributed by atoms with Gasteiger partial charge in [0.05, 0.1) is 17.7 Å². The van der Waals surface area contributed by atoms with E-state index in [-0.39, 0.29) is 30.5 Å². The highest BCUT2D eigenvalue weighted by atomic mass is 19.4. The molecule has 0 radical (unpaired) electrons. The maximum atomic E-state index is 12.7. The van der Waals surface area contributed by atoms with Crippen molar-refractivity contribution in [2.75, 3.05) is 24.6 Å². The molecule has 0 saturated carbocycles. The molecule has 0 spiro atoms. The molecule has 8 nitrogen and oxygen atoms in total. The predicted molar refractivity (Wildman–Crippen MR) is 107 cm³/mol. The molecule has 3 rings (SSSR count). The zero-order chi connectivity index (χ0) is 22.9. The summed E-state index contributed by atoms with van der Waals surface area (Å²) in [5.74, 6) is -2.62. The molecule has 1 saturated heterocycles. The van der Waals surface area contributed by atoms with Gasteiger partial charge in [0.2, 0.25) is 0 Å². The minimum atomic E-state index is -5.01. The fraction of sp³-hybridized carbons (Fsp3) is 0.450. The van der Waals surface area contributed by atoms with E-state index >= 15 is 0 Å². The Morgan fingerprint density at radius 3 is 2.65 bits per heavy atom. The number of primary amides is 1. The zero-order valence-corrected chi connectivity index (χ0v) is 16.9. The first-order valence-corrected chi connectivity index (χ1v) is 9.64. The maximum Gasteiger partial charge on any atom is 0.471 e. The van der Waals surface area contributed by atoms with Gasteiger partial charge in [0.15, 0.2) is 0 Å². The van der Waals surface area contributed by atoms with Crippen LogP contribution in [0.2, 0.25) is 0 Å². The van der Waals surface area contributed by atoms with Gasteiger partial charge < -0.3 is 25.8 Å². The molecule has 31 heavy (non-hydrogen) atoms. The summed E-state index contributed by atoms with van der Waals surface area (Å²) in [5.41, 5.74) is 5.67. The Labute approximate surface area is 176 Å². The summed E-state index contributed by atoms with van der Waals surface area (Å²) in [6.45, 7) is 3.39. The summed E-state index contributed by atoms with van der Waals surface area (Å²) < 4.78 is 43.7. The van der Waals surface area contributed by atoms with Crippen LogP contribution in [0.3, 0.4) is 0 Å². The normalized spacial score (nSPS) is 19.1. The van der Waals surface area contributed by atoms with Crippen LogP contribution in [0.25, 0.3) is 10.8 Å². The molecule has 2 aromatic rings. The molecular formula is C20H23F3N4O4. The number of hydrogen-bond acceptors (Lipinski definition) is 6. The summed E-state index contributed by atoms with van der Waals surface area (Å²) in [4.78, 5) is 29.3. The molecule has 2 atom stereocenters. The van der Waals surface area contributed by atoms with Crippen LogP contribution in [0, 0.1) is 5.92 Å². The van der Waals surface area contributed by atoms with Crippen molar-refractivity contribution in [1.29, 1.82) is 0 Å². The Kier molecular flexibility index (Phi) is 6.25. The van der Waals surface area contributed by atoms with Gasteiger partial charge in [-0.25, -0.2) is 4.98 Å². The van der Waals surface area contributed by atoms with Crippen LogP contribution in [0.15, 0.2) is 24.4 Å². The summed E-state index contributed by atoms with van der Waals surface area (Å²) in [6, 6.07) is 3.95. The van der Waals surface area contributed by atoms with E-state index < -0.39 is 36.6 Å². The molecular weight excluding hydrogens is 417 g/mol. The third kappa shape index (κ3) is 4.82. The SMILES string of the molecule is CC(C)Oc1cc2c(N3CC(CO)C(NC(=O)C(F)(F)F)C3)nccc2cc1C(N)=O. The predicted octanol–water partition coefficient (Wildman–Crippen LogP) is 1.60. The lowest BCUT2D eigenvalue weighted by molar-refractivity contribution is -0.174. The molecule has 1 aliphatic heterocycles. The van der Waals surface area contributed by atoms with Crippen LogP contribution in [0.5, 0.6) is 5.75 Å². The van der Waals surface area contributed by atoms with Gasteiger partial charge in [0, 0.05) is 37.2 Å². The fourth-order valence-electron chi connectivity index (χ4n) is 3.62. The summed E-state index contributed by atoms with van der Waals surface area (Å²) >= 11 is 0. The van der Waals surface area contributed by atoms with Gasteiger partial charge in [-0.2, -0.15) is 13.2 Å². The molecule has 11 heteroatoms. The van der Waals surface area contributed by atoms with Crippen molar-refractivity contribution >= 4 is 28.4 Å². The molecule has 4 N–H and O–H groups in total. The van der Waals surface area contributed by atoms with E-state index in [9.17, 15) is 27.9 Å². The number of aliphatic hydroxyl groups excluding tert-OH is 1. The Bertz CT molecular complexity index is 996. The Morgan fingerprint density at radius 2 is 2.06 bits per heavy atom. The number of halogens is 3. The van der Waals surface area contributed by atoms with E-state index in [0.29, 0.717) is 16.6 Å². The van der Waals surface area contributed by atoms with Crippen LogP contribution in [-0.4, -0.2) is 59.9 Å². The third-order valence-corrected chi connectivity index (χ3v) is 5.02. The number of nitrogens with zero attached hydrogens (tertiary/aromatic N) is 2. The number of amides is 2. The topological polar surface area (TPSA) is 118 Å². The second-order valence-corrected chi connectivity index (χ2v) is 7.66. The van der Waals surface area contributed by atoms with Gasteiger partial charge in [0.1, 0.15) is 11.6 Å². The lowest BCUT2D eigenvalue weighted by Gasteiger charge is -2.21. The fourth-order valence-corrected chi connectivity index (χ4v) is 3.62. The highest BCUT2D eigenvalue weighted by Gasteiger charge is 2.43. The number of carbonyl (C=O) groups excluding carboxylic acids is 2. The number of nitrogens with two attached hydrogens (primary N) is 1. The van der Waals surface area contributed by atoms with E-state index in [1.54, 1.807) is 36.9 Å². The second-order valence-electron chi connectivity index (χ2n) is 7.66.